The Morgan fingerprint density at radius 2 is 2.17 bits per heavy atom. The molecule has 0 bridgehead atoms. The molecule has 3 N–H and O–H groups in total. The fraction of sp³-hybridized carbons (Fsp3) is 0.250. The maximum absolute atomic E-state index is 11.8. The second kappa shape index (κ2) is 9.50. The minimum atomic E-state index is -0.498. The Hall–Kier alpha value is -1.63. The fourth-order valence-electron chi connectivity index (χ4n) is 1.84. The van der Waals surface area contributed by atoms with E-state index in [-0.39, 0.29) is 18.3 Å². The van der Waals surface area contributed by atoms with Gasteiger partial charge in [-0.1, -0.05) is 35.3 Å². The molecular formula is C16H19BrClN3O2. The van der Waals surface area contributed by atoms with Gasteiger partial charge in [-0.25, -0.2) is 4.98 Å². The van der Waals surface area contributed by atoms with Crippen LogP contribution in [0.5, 0.6) is 11.6 Å². The van der Waals surface area contributed by atoms with Crippen LogP contribution in [0.3, 0.4) is 0 Å². The fourth-order valence-corrected chi connectivity index (χ4v) is 2.22. The van der Waals surface area contributed by atoms with Crippen LogP contribution in [0.4, 0.5) is 5.69 Å². The van der Waals surface area contributed by atoms with Gasteiger partial charge in [-0.15, -0.1) is 12.4 Å². The van der Waals surface area contributed by atoms with Gasteiger partial charge in [-0.2, -0.15) is 0 Å². The van der Waals surface area contributed by atoms with Crippen molar-refractivity contribution in [2.75, 3.05) is 5.32 Å². The Balaban J connectivity index is 0.00000264. The predicted octanol–water partition coefficient (Wildman–Crippen LogP) is 4.12. The molecule has 0 aliphatic rings. The van der Waals surface area contributed by atoms with Crippen molar-refractivity contribution in [1.82, 2.24) is 4.98 Å². The number of nitrogens with two attached hydrogens (primary N) is 1. The summed E-state index contributed by atoms with van der Waals surface area (Å²) in [4.78, 5) is 16.0. The summed E-state index contributed by atoms with van der Waals surface area (Å²) in [6, 6.07) is 10.4. The Morgan fingerprint density at radius 1 is 1.39 bits per heavy atom. The highest BCUT2D eigenvalue weighted by Gasteiger charge is 2.12. The topological polar surface area (TPSA) is 77.2 Å². The number of nitrogens with one attached hydrogen (secondary N) is 1. The summed E-state index contributed by atoms with van der Waals surface area (Å²) in [7, 11) is 0. The number of carbonyl (C=O) groups excluding carboxylic acids is 1. The molecule has 23 heavy (non-hydrogen) atoms. The van der Waals surface area contributed by atoms with Crippen molar-refractivity contribution in [3.8, 4) is 11.6 Å². The van der Waals surface area contributed by atoms with E-state index in [4.69, 9.17) is 10.5 Å². The first-order valence-corrected chi connectivity index (χ1v) is 7.83. The van der Waals surface area contributed by atoms with Crippen LogP contribution in [-0.4, -0.2) is 16.9 Å². The van der Waals surface area contributed by atoms with E-state index in [0.29, 0.717) is 23.7 Å². The zero-order valence-electron chi connectivity index (χ0n) is 12.7. The summed E-state index contributed by atoms with van der Waals surface area (Å²) >= 11 is 3.38. The largest absolute Gasteiger partial charge is 0.439 e. The van der Waals surface area contributed by atoms with Gasteiger partial charge in [-0.3, -0.25) is 4.79 Å². The number of benzene rings is 1. The summed E-state index contributed by atoms with van der Waals surface area (Å²) < 4.78 is 6.56. The molecule has 124 valence electrons. The molecule has 1 unspecified atom stereocenters. The van der Waals surface area contributed by atoms with Gasteiger partial charge in [0.05, 0.1) is 17.9 Å². The van der Waals surface area contributed by atoms with Crippen molar-refractivity contribution in [3.63, 3.8) is 0 Å². The number of amides is 1. The zero-order valence-corrected chi connectivity index (χ0v) is 15.1. The van der Waals surface area contributed by atoms with Crippen LogP contribution in [0.2, 0.25) is 0 Å². The van der Waals surface area contributed by atoms with Gasteiger partial charge in [0.25, 0.3) is 0 Å². The normalized spacial score (nSPS) is 11.3. The van der Waals surface area contributed by atoms with Gasteiger partial charge >= 0.3 is 0 Å². The van der Waals surface area contributed by atoms with Crippen LogP contribution in [0.1, 0.15) is 19.8 Å². The lowest BCUT2D eigenvalue weighted by molar-refractivity contribution is -0.117. The Bertz CT molecular complexity index is 637. The summed E-state index contributed by atoms with van der Waals surface area (Å²) in [5.74, 6) is 0.932. The molecule has 1 aromatic heterocycles. The maximum Gasteiger partial charge on any atom is 0.241 e. The van der Waals surface area contributed by atoms with E-state index in [0.717, 1.165) is 10.9 Å². The lowest BCUT2D eigenvalue weighted by atomic mass is 10.1. The zero-order chi connectivity index (χ0) is 15.9. The van der Waals surface area contributed by atoms with Crippen LogP contribution in [-0.2, 0) is 4.79 Å². The van der Waals surface area contributed by atoms with E-state index in [1.165, 1.54) is 0 Å². The molecule has 7 heteroatoms. The van der Waals surface area contributed by atoms with Gasteiger partial charge < -0.3 is 15.8 Å². The minimum absolute atomic E-state index is 0. The van der Waals surface area contributed by atoms with Crippen molar-refractivity contribution in [2.45, 2.75) is 25.8 Å². The molecule has 2 aromatic rings. The number of pyridine rings is 1. The molecular weight excluding hydrogens is 382 g/mol. The maximum atomic E-state index is 11.8. The first kappa shape index (κ1) is 19.4. The summed E-state index contributed by atoms with van der Waals surface area (Å²) in [6.07, 6.45) is 3.07. The summed E-state index contributed by atoms with van der Waals surface area (Å²) in [6.45, 7) is 1.99. The van der Waals surface area contributed by atoms with E-state index in [1.807, 2.05) is 31.2 Å². The molecule has 1 heterocycles. The van der Waals surface area contributed by atoms with Crippen LogP contribution in [0, 0.1) is 0 Å². The molecule has 1 aromatic carbocycles. The second-order valence-corrected chi connectivity index (χ2v) is 5.74. The quantitative estimate of drug-likeness (QED) is 0.764. The molecule has 0 fully saturated rings. The lowest BCUT2D eigenvalue weighted by Crippen LogP contribution is -2.35. The second-order valence-electron chi connectivity index (χ2n) is 4.83. The average molecular weight is 401 g/mol. The minimum Gasteiger partial charge on any atom is -0.439 e. The van der Waals surface area contributed by atoms with Crippen molar-refractivity contribution >= 4 is 39.9 Å². The number of anilines is 1. The monoisotopic (exact) mass is 399 g/mol. The highest BCUT2D eigenvalue weighted by atomic mass is 79.9. The third kappa shape index (κ3) is 6.17. The average Bonchev–Trinajstić information content (AvgIpc) is 2.49. The third-order valence-electron chi connectivity index (χ3n) is 2.96. The van der Waals surface area contributed by atoms with E-state index >= 15 is 0 Å². The van der Waals surface area contributed by atoms with Crippen molar-refractivity contribution in [2.24, 2.45) is 5.73 Å². The van der Waals surface area contributed by atoms with Gasteiger partial charge in [0.15, 0.2) is 0 Å². The molecule has 5 nitrogen and oxygen atoms in total. The van der Waals surface area contributed by atoms with Gasteiger partial charge in [-0.05, 0) is 30.7 Å². The Morgan fingerprint density at radius 3 is 2.78 bits per heavy atom. The Kier molecular flexibility index (Phi) is 8.02. The van der Waals surface area contributed by atoms with Crippen molar-refractivity contribution in [1.29, 1.82) is 0 Å². The third-order valence-corrected chi connectivity index (χ3v) is 3.45. The van der Waals surface area contributed by atoms with Crippen LogP contribution < -0.4 is 15.8 Å². The number of ether oxygens (including phenoxy) is 1. The van der Waals surface area contributed by atoms with Crippen LogP contribution in [0.15, 0.2) is 47.1 Å². The van der Waals surface area contributed by atoms with Crippen molar-refractivity contribution in [3.05, 3.63) is 47.1 Å². The standard InChI is InChI=1S/C16H18BrN3O2.ClH/c1-2-4-14(18)16(21)20-12-7-8-15(19-10-12)22-13-6-3-5-11(17)9-13;/h3,5-10,14H,2,4,18H2,1H3,(H,20,21);1H. The lowest BCUT2D eigenvalue weighted by Gasteiger charge is -2.11. The smallest absolute Gasteiger partial charge is 0.241 e. The summed E-state index contributed by atoms with van der Waals surface area (Å²) in [5, 5.41) is 2.74. The van der Waals surface area contributed by atoms with Crippen LogP contribution >= 0.6 is 28.3 Å². The van der Waals surface area contributed by atoms with E-state index in [9.17, 15) is 4.79 Å². The Labute approximate surface area is 150 Å². The van der Waals surface area contributed by atoms with Crippen molar-refractivity contribution < 1.29 is 9.53 Å². The molecule has 0 spiro atoms. The van der Waals surface area contributed by atoms with E-state index < -0.39 is 6.04 Å². The number of rotatable bonds is 6. The first-order chi connectivity index (χ1) is 10.6. The number of hydrogen-bond acceptors (Lipinski definition) is 4. The highest BCUT2D eigenvalue weighted by molar-refractivity contribution is 9.10. The summed E-state index contributed by atoms with van der Waals surface area (Å²) in [5.41, 5.74) is 6.36. The number of carbonyl (C=O) groups is 1. The van der Waals surface area contributed by atoms with E-state index in [2.05, 4.69) is 26.2 Å². The van der Waals surface area contributed by atoms with Crippen LogP contribution in [0.25, 0.3) is 0 Å². The number of halogens is 2. The number of aromatic nitrogens is 1. The molecule has 0 saturated carbocycles. The predicted molar refractivity (Wildman–Crippen MR) is 97.2 cm³/mol. The van der Waals surface area contributed by atoms with Gasteiger partial charge in [0, 0.05) is 10.5 Å². The number of nitrogens with zero attached hydrogens (tertiary/aromatic N) is 1. The number of hydrogen-bond donors (Lipinski definition) is 2. The molecule has 1 amide bonds. The molecule has 0 aliphatic heterocycles. The molecule has 2 rings (SSSR count). The first-order valence-electron chi connectivity index (χ1n) is 7.04. The highest BCUT2D eigenvalue weighted by Crippen LogP contribution is 2.23. The van der Waals surface area contributed by atoms with Gasteiger partial charge in [0.2, 0.25) is 11.8 Å². The molecule has 0 saturated heterocycles. The SMILES string of the molecule is CCCC(N)C(=O)Nc1ccc(Oc2cccc(Br)c2)nc1.Cl. The molecule has 0 radical (unpaired) electrons. The molecule has 1 atom stereocenters. The van der Waals surface area contributed by atoms with E-state index in [1.54, 1.807) is 18.3 Å². The van der Waals surface area contributed by atoms with Gasteiger partial charge in [0.1, 0.15) is 5.75 Å². The molecule has 0 aliphatic carbocycles.